The molecule has 1 aromatic carbocycles. The molecule has 18 heavy (non-hydrogen) atoms. The summed E-state index contributed by atoms with van der Waals surface area (Å²) >= 11 is 3.25. The van der Waals surface area contributed by atoms with Crippen LogP contribution in [0.1, 0.15) is 20.8 Å². The van der Waals surface area contributed by atoms with Crippen LogP contribution in [0.25, 0.3) is 0 Å². The molecule has 1 aromatic rings. The average Bonchev–Trinajstić information content (AvgIpc) is 2.19. The number of rotatable bonds is 3. The van der Waals surface area contributed by atoms with Crippen LogP contribution in [0, 0.1) is 5.41 Å². The highest BCUT2D eigenvalue weighted by atomic mass is 79.9. The molecule has 4 nitrogen and oxygen atoms in total. The van der Waals surface area contributed by atoms with Crippen molar-refractivity contribution in [2.24, 2.45) is 5.41 Å². The van der Waals surface area contributed by atoms with Gasteiger partial charge in [-0.15, -0.1) is 0 Å². The van der Waals surface area contributed by atoms with E-state index in [1.54, 1.807) is 19.2 Å². The molecule has 0 saturated carbocycles. The van der Waals surface area contributed by atoms with Gasteiger partial charge in [-0.3, -0.25) is 0 Å². The highest BCUT2D eigenvalue weighted by molar-refractivity contribution is 9.10. The molecule has 0 atom stereocenters. The van der Waals surface area contributed by atoms with Crippen molar-refractivity contribution >= 4 is 31.6 Å². The fourth-order valence-corrected chi connectivity index (χ4v) is 3.29. The van der Waals surface area contributed by atoms with Gasteiger partial charge >= 0.3 is 0 Å². The summed E-state index contributed by atoms with van der Waals surface area (Å²) in [5, 5.41) is 0. The van der Waals surface area contributed by atoms with Crippen LogP contribution in [-0.2, 0) is 10.0 Å². The molecule has 0 amide bonds. The standard InChI is InChI=1S/C12H19BrN2O2S/c1-12(2,3)8-15(4)18(16,17)9-5-6-10(13)11(14)7-9/h5-7H,8,14H2,1-4H3. The summed E-state index contributed by atoms with van der Waals surface area (Å²) < 4.78 is 26.7. The number of nitrogen functional groups attached to an aromatic ring is 1. The third-order valence-electron chi connectivity index (χ3n) is 2.37. The smallest absolute Gasteiger partial charge is 0.242 e. The minimum absolute atomic E-state index is 0.0945. The van der Waals surface area contributed by atoms with E-state index >= 15 is 0 Å². The summed E-state index contributed by atoms with van der Waals surface area (Å²) in [5.74, 6) is 0. The molecule has 102 valence electrons. The number of hydrogen-bond donors (Lipinski definition) is 1. The van der Waals surface area contributed by atoms with Crippen LogP contribution >= 0.6 is 15.9 Å². The Morgan fingerprint density at radius 1 is 1.33 bits per heavy atom. The normalized spacial score (nSPS) is 13.0. The van der Waals surface area contributed by atoms with Gasteiger partial charge in [0.1, 0.15) is 0 Å². The highest BCUT2D eigenvalue weighted by Gasteiger charge is 2.25. The molecule has 0 aromatic heterocycles. The maximum absolute atomic E-state index is 12.3. The topological polar surface area (TPSA) is 63.4 Å². The first-order valence-electron chi connectivity index (χ1n) is 5.55. The molecule has 0 bridgehead atoms. The Hall–Kier alpha value is -0.590. The molecule has 0 radical (unpaired) electrons. The molecular formula is C12H19BrN2O2S. The molecule has 1 rings (SSSR count). The fourth-order valence-electron chi connectivity index (χ4n) is 1.62. The second-order valence-electron chi connectivity index (χ2n) is 5.51. The predicted octanol–water partition coefficient (Wildman–Crippen LogP) is 2.70. The summed E-state index contributed by atoms with van der Waals surface area (Å²) in [4.78, 5) is 0.218. The maximum atomic E-state index is 12.3. The van der Waals surface area contributed by atoms with Gasteiger partial charge in [-0.1, -0.05) is 20.8 Å². The van der Waals surface area contributed by atoms with E-state index in [4.69, 9.17) is 5.73 Å². The Kier molecular flexibility index (Phi) is 4.46. The zero-order valence-electron chi connectivity index (χ0n) is 11.1. The summed E-state index contributed by atoms with van der Waals surface area (Å²) in [6.45, 7) is 6.43. The van der Waals surface area contributed by atoms with Crippen LogP contribution in [0.5, 0.6) is 0 Å². The van der Waals surface area contributed by atoms with Gasteiger partial charge in [-0.2, -0.15) is 0 Å². The first kappa shape index (κ1) is 15.5. The molecule has 6 heteroatoms. The number of hydrogen-bond acceptors (Lipinski definition) is 3. The molecule has 0 aliphatic rings. The van der Waals surface area contributed by atoms with Gasteiger partial charge in [-0.05, 0) is 39.5 Å². The maximum Gasteiger partial charge on any atom is 0.242 e. The van der Waals surface area contributed by atoms with Crippen LogP contribution in [0.15, 0.2) is 27.6 Å². The predicted molar refractivity (Wildman–Crippen MR) is 77.8 cm³/mol. The SMILES string of the molecule is CN(CC(C)(C)C)S(=O)(=O)c1ccc(Br)c(N)c1. The molecular weight excluding hydrogens is 316 g/mol. The van der Waals surface area contributed by atoms with Crippen molar-refractivity contribution in [1.29, 1.82) is 0 Å². The Balaban J connectivity index is 3.10. The second kappa shape index (κ2) is 5.19. The Morgan fingerprint density at radius 3 is 2.33 bits per heavy atom. The van der Waals surface area contributed by atoms with Crippen molar-refractivity contribution in [2.45, 2.75) is 25.7 Å². The lowest BCUT2D eigenvalue weighted by atomic mass is 9.97. The summed E-state index contributed by atoms with van der Waals surface area (Å²) in [6.07, 6.45) is 0. The summed E-state index contributed by atoms with van der Waals surface area (Å²) in [6, 6.07) is 4.67. The first-order chi connectivity index (χ1) is 8.04. The van der Waals surface area contributed by atoms with E-state index in [0.717, 1.165) is 0 Å². The zero-order valence-corrected chi connectivity index (χ0v) is 13.5. The van der Waals surface area contributed by atoms with E-state index in [9.17, 15) is 8.42 Å². The van der Waals surface area contributed by atoms with E-state index in [2.05, 4.69) is 15.9 Å². The van der Waals surface area contributed by atoms with Gasteiger partial charge < -0.3 is 5.73 Å². The quantitative estimate of drug-likeness (QED) is 0.864. The molecule has 0 spiro atoms. The number of halogens is 1. The van der Waals surface area contributed by atoms with Crippen molar-refractivity contribution in [3.8, 4) is 0 Å². The van der Waals surface area contributed by atoms with Gasteiger partial charge in [0.15, 0.2) is 0 Å². The molecule has 0 fully saturated rings. The Morgan fingerprint density at radius 2 is 1.89 bits per heavy atom. The van der Waals surface area contributed by atoms with E-state index in [0.29, 0.717) is 16.7 Å². The van der Waals surface area contributed by atoms with E-state index in [1.807, 2.05) is 20.8 Å². The van der Waals surface area contributed by atoms with Crippen molar-refractivity contribution in [1.82, 2.24) is 4.31 Å². The van der Waals surface area contributed by atoms with E-state index in [1.165, 1.54) is 10.4 Å². The highest BCUT2D eigenvalue weighted by Crippen LogP contribution is 2.26. The molecule has 0 saturated heterocycles. The van der Waals surface area contributed by atoms with Crippen LogP contribution in [0.4, 0.5) is 5.69 Å². The van der Waals surface area contributed by atoms with Gasteiger partial charge in [0.05, 0.1) is 4.90 Å². The minimum atomic E-state index is -3.48. The van der Waals surface area contributed by atoms with Crippen molar-refractivity contribution in [3.63, 3.8) is 0 Å². The van der Waals surface area contributed by atoms with Crippen LogP contribution in [0.2, 0.25) is 0 Å². The van der Waals surface area contributed by atoms with Crippen molar-refractivity contribution in [2.75, 3.05) is 19.3 Å². The van der Waals surface area contributed by atoms with Crippen LogP contribution in [-0.4, -0.2) is 26.3 Å². The van der Waals surface area contributed by atoms with Gasteiger partial charge in [-0.25, -0.2) is 12.7 Å². The Bertz CT molecular complexity index is 535. The van der Waals surface area contributed by atoms with Gasteiger partial charge in [0.2, 0.25) is 10.0 Å². The minimum Gasteiger partial charge on any atom is -0.398 e. The fraction of sp³-hybridized carbons (Fsp3) is 0.500. The van der Waals surface area contributed by atoms with Crippen molar-refractivity contribution < 1.29 is 8.42 Å². The molecule has 0 unspecified atom stereocenters. The van der Waals surface area contributed by atoms with E-state index < -0.39 is 10.0 Å². The average molecular weight is 335 g/mol. The largest absolute Gasteiger partial charge is 0.398 e. The lowest BCUT2D eigenvalue weighted by molar-refractivity contribution is 0.311. The number of benzene rings is 1. The lowest BCUT2D eigenvalue weighted by Crippen LogP contribution is -2.34. The van der Waals surface area contributed by atoms with E-state index in [-0.39, 0.29) is 10.3 Å². The van der Waals surface area contributed by atoms with Crippen molar-refractivity contribution in [3.05, 3.63) is 22.7 Å². The zero-order chi connectivity index (χ0) is 14.1. The molecule has 0 aliphatic carbocycles. The number of nitrogens with zero attached hydrogens (tertiary/aromatic N) is 1. The molecule has 0 heterocycles. The Labute approximate surface area is 117 Å². The third kappa shape index (κ3) is 3.70. The number of sulfonamides is 1. The second-order valence-corrected chi connectivity index (χ2v) is 8.40. The lowest BCUT2D eigenvalue weighted by Gasteiger charge is -2.26. The number of nitrogens with two attached hydrogens (primary N) is 1. The number of anilines is 1. The van der Waals surface area contributed by atoms with Gasteiger partial charge in [0.25, 0.3) is 0 Å². The summed E-state index contributed by atoms with van der Waals surface area (Å²) in [5.41, 5.74) is 6.04. The first-order valence-corrected chi connectivity index (χ1v) is 7.79. The molecule has 2 N–H and O–H groups in total. The van der Waals surface area contributed by atoms with Crippen LogP contribution in [0.3, 0.4) is 0 Å². The summed E-state index contributed by atoms with van der Waals surface area (Å²) in [7, 11) is -1.90. The van der Waals surface area contributed by atoms with Crippen LogP contribution < -0.4 is 5.73 Å². The monoisotopic (exact) mass is 334 g/mol. The molecule has 0 aliphatic heterocycles. The van der Waals surface area contributed by atoms with Gasteiger partial charge in [0, 0.05) is 23.8 Å². The third-order valence-corrected chi connectivity index (χ3v) is 4.89.